The molecular weight excluding hydrogens is 532 g/mol. The lowest BCUT2D eigenvalue weighted by atomic mass is 9.97. The third-order valence-corrected chi connectivity index (χ3v) is 8.70. The number of anilines is 1. The van der Waals surface area contributed by atoms with Gasteiger partial charge in [-0.1, -0.05) is 23.7 Å². The molecule has 6 rings (SSSR count). The Hall–Kier alpha value is -3.18. The standard InChI is InChI=1S/C27H30ClF2N5O4/c1-27(2)9-16(33-10-15(29)11-33)13-35(27)24-20-23(21(28)22(31-24)18-5-3-4-6-19(18)30)39-14-17-12-32(26(37)38)7-8-34(17)25(20)36/h3-6,15-17H,7-14H2,1-2H3,(H,37,38)/t16-,17+/m0/s1. The van der Waals surface area contributed by atoms with Crippen molar-refractivity contribution in [1.29, 1.82) is 0 Å². The topological polar surface area (TPSA) is 89.5 Å². The molecule has 3 fully saturated rings. The highest BCUT2D eigenvalue weighted by atomic mass is 35.5. The van der Waals surface area contributed by atoms with E-state index in [4.69, 9.17) is 21.3 Å². The van der Waals surface area contributed by atoms with E-state index < -0.39 is 29.7 Å². The van der Waals surface area contributed by atoms with Gasteiger partial charge >= 0.3 is 6.09 Å². The van der Waals surface area contributed by atoms with Gasteiger partial charge in [0.25, 0.3) is 5.91 Å². The second-order valence-electron chi connectivity index (χ2n) is 11.3. The minimum Gasteiger partial charge on any atom is -0.489 e. The Balaban J connectivity index is 1.48. The molecule has 208 valence electrons. The smallest absolute Gasteiger partial charge is 0.407 e. The fourth-order valence-corrected chi connectivity index (χ4v) is 6.52. The fraction of sp³-hybridized carbons (Fsp3) is 0.519. The summed E-state index contributed by atoms with van der Waals surface area (Å²) >= 11 is 6.83. The number of likely N-dealkylation sites (tertiary alicyclic amines) is 1. The number of aromatic nitrogens is 1. The molecule has 9 nitrogen and oxygen atoms in total. The molecule has 1 aromatic heterocycles. The van der Waals surface area contributed by atoms with Crippen molar-refractivity contribution in [3.05, 3.63) is 40.7 Å². The first-order valence-corrected chi connectivity index (χ1v) is 13.5. The summed E-state index contributed by atoms with van der Waals surface area (Å²) in [7, 11) is 0. The molecular formula is C27H30ClF2N5O4. The molecule has 0 radical (unpaired) electrons. The van der Waals surface area contributed by atoms with Crippen LogP contribution in [0.15, 0.2) is 24.3 Å². The largest absolute Gasteiger partial charge is 0.489 e. The number of hydrogen-bond donors (Lipinski definition) is 1. The highest BCUT2D eigenvalue weighted by molar-refractivity contribution is 6.35. The molecule has 3 saturated heterocycles. The number of ether oxygens (including phenoxy) is 1. The summed E-state index contributed by atoms with van der Waals surface area (Å²) in [6.45, 7) is 5.84. The predicted octanol–water partition coefficient (Wildman–Crippen LogP) is 3.75. The van der Waals surface area contributed by atoms with E-state index in [1.54, 1.807) is 23.1 Å². The SMILES string of the molecule is CC1(C)C[C@H](N2CC(F)C2)CN1c1nc(-c2ccccc2F)c(Cl)c2c1C(=O)N1CCN(C(=O)O)C[C@@H]1CO2. The predicted molar refractivity (Wildman–Crippen MR) is 141 cm³/mol. The number of carboxylic acid groups (broad SMARTS) is 1. The molecule has 0 bridgehead atoms. The van der Waals surface area contributed by atoms with Crippen molar-refractivity contribution < 1.29 is 28.2 Å². The Morgan fingerprint density at radius 3 is 2.59 bits per heavy atom. The minimum absolute atomic E-state index is 0.0266. The van der Waals surface area contributed by atoms with Gasteiger partial charge in [-0.2, -0.15) is 0 Å². The van der Waals surface area contributed by atoms with Gasteiger partial charge in [-0.25, -0.2) is 18.6 Å². The van der Waals surface area contributed by atoms with Crippen LogP contribution in [0.5, 0.6) is 5.75 Å². The molecule has 1 aromatic carbocycles. The van der Waals surface area contributed by atoms with Crippen LogP contribution < -0.4 is 9.64 Å². The number of pyridine rings is 1. The Labute approximate surface area is 229 Å². The maximum Gasteiger partial charge on any atom is 0.407 e. The second-order valence-corrected chi connectivity index (χ2v) is 11.7. The zero-order chi connectivity index (χ0) is 27.6. The van der Waals surface area contributed by atoms with Gasteiger partial charge in [0.2, 0.25) is 0 Å². The van der Waals surface area contributed by atoms with Crippen LogP contribution in [-0.2, 0) is 0 Å². The van der Waals surface area contributed by atoms with Crippen molar-refractivity contribution in [2.75, 3.05) is 50.8 Å². The minimum atomic E-state index is -1.06. The molecule has 2 aromatic rings. The highest BCUT2D eigenvalue weighted by Crippen LogP contribution is 2.47. The van der Waals surface area contributed by atoms with Gasteiger partial charge in [0.15, 0.2) is 5.75 Å². The molecule has 0 spiro atoms. The Kier molecular flexibility index (Phi) is 6.33. The lowest BCUT2D eigenvalue weighted by Gasteiger charge is -2.39. The number of amides is 2. The third kappa shape index (κ3) is 4.35. The maximum atomic E-state index is 15.0. The molecule has 0 saturated carbocycles. The molecule has 2 atom stereocenters. The van der Waals surface area contributed by atoms with E-state index in [2.05, 4.69) is 4.90 Å². The molecule has 4 aliphatic heterocycles. The quantitative estimate of drug-likeness (QED) is 0.610. The number of hydrogen-bond acceptors (Lipinski definition) is 6. The summed E-state index contributed by atoms with van der Waals surface area (Å²) < 4.78 is 34.9. The van der Waals surface area contributed by atoms with Crippen LogP contribution in [0.3, 0.4) is 0 Å². The lowest BCUT2D eigenvalue weighted by molar-refractivity contribution is 0.0324. The number of carbonyl (C=O) groups excluding carboxylic acids is 1. The number of nitrogens with zero attached hydrogens (tertiary/aromatic N) is 5. The summed E-state index contributed by atoms with van der Waals surface area (Å²) in [6.07, 6.45) is -1.17. The molecule has 5 heterocycles. The lowest BCUT2D eigenvalue weighted by Crippen LogP contribution is -2.57. The van der Waals surface area contributed by atoms with Gasteiger partial charge in [0, 0.05) is 56.4 Å². The van der Waals surface area contributed by atoms with Crippen molar-refractivity contribution in [2.45, 2.75) is 44.1 Å². The van der Waals surface area contributed by atoms with Crippen LogP contribution in [0, 0.1) is 5.82 Å². The van der Waals surface area contributed by atoms with Crippen LogP contribution in [0.4, 0.5) is 19.4 Å². The van der Waals surface area contributed by atoms with E-state index in [1.807, 2.05) is 18.7 Å². The first-order valence-electron chi connectivity index (χ1n) is 13.1. The monoisotopic (exact) mass is 561 g/mol. The Bertz CT molecular complexity index is 1340. The molecule has 4 aliphatic rings. The summed E-state index contributed by atoms with van der Waals surface area (Å²) in [5, 5.41) is 9.53. The van der Waals surface area contributed by atoms with Gasteiger partial charge < -0.3 is 24.5 Å². The van der Waals surface area contributed by atoms with Crippen molar-refractivity contribution in [2.24, 2.45) is 0 Å². The number of fused-ring (bicyclic) bond motifs is 2. The van der Waals surface area contributed by atoms with E-state index in [1.165, 1.54) is 11.0 Å². The Morgan fingerprint density at radius 1 is 1.15 bits per heavy atom. The fourth-order valence-electron chi connectivity index (χ4n) is 6.23. The van der Waals surface area contributed by atoms with Gasteiger partial charge in [0.1, 0.15) is 35.0 Å². The number of halogens is 3. The number of piperazine rings is 1. The molecule has 12 heteroatoms. The van der Waals surface area contributed by atoms with Gasteiger partial charge in [-0.05, 0) is 32.4 Å². The number of alkyl halides is 1. The molecule has 0 unspecified atom stereocenters. The molecule has 2 amide bonds. The maximum absolute atomic E-state index is 15.0. The van der Waals surface area contributed by atoms with Crippen LogP contribution in [0.1, 0.15) is 30.6 Å². The molecule has 1 N–H and O–H groups in total. The summed E-state index contributed by atoms with van der Waals surface area (Å²) in [6, 6.07) is 5.69. The van der Waals surface area contributed by atoms with Gasteiger partial charge in [-0.15, -0.1) is 0 Å². The average Bonchev–Trinajstić information content (AvgIpc) is 3.11. The first kappa shape index (κ1) is 26.1. The zero-order valence-corrected chi connectivity index (χ0v) is 22.5. The summed E-state index contributed by atoms with van der Waals surface area (Å²) in [5.74, 6) is -0.411. The van der Waals surface area contributed by atoms with E-state index >= 15 is 0 Å². The molecule has 0 aliphatic carbocycles. The van der Waals surface area contributed by atoms with E-state index in [0.29, 0.717) is 25.5 Å². The van der Waals surface area contributed by atoms with E-state index in [9.17, 15) is 23.5 Å². The van der Waals surface area contributed by atoms with Crippen molar-refractivity contribution in [3.63, 3.8) is 0 Å². The number of rotatable bonds is 3. The summed E-state index contributed by atoms with van der Waals surface area (Å²) in [4.78, 5) is 37.6. The van der Waals surface area contributed by atoms with Crippen molar-refractivity contribution >= 4 is 29.4 Å². The summed E-state index contributed by atoms with van der Waals surface area (Å²) in [5.41, 5.74) is 0.0712. The van der Waals surface area contributed by atoms with Crippen LogP contribution in [-0.4, -0.2) is 106 Å². The average molecular weight is 562 g/mol. The van der Waals surface area contributed by atoms with Crippen molar-refractivity contribution in [1.82, 2.24) is 19.7 Å². The van der Waals surface area contributed by atoms with E-state index in [-0.39, 0.29) is 65.8 Å². The van der Waals surface area contributed by atoms with E-state index in [0.717, 1.165) is 6.42 Å². The van der Waals surface area contributed by atoms with Gasteiger partial charge in [0.05, 0.1) is 11.7 Å². The normalized spacial score (nSPS) is 25.1. The van der Waals surface area contributed by atoms with Crippen LogP contribution in [0.25, 0.3) is 11.3 Å². The highest BCUT2D eigenvalue weighted by Gasteiger charge is 2.48. The number of benzene rings is 1. The van der Waals surface area contributed by atoms with Crippen LogP contribution in [0.2, 0.25) is 5.02 Å². The molecule has 39 heavy (non-hydrogen) atoms. The van der Waals surface area contributed by atoms with Gasteiger partial charge in [-0.3, -0.25) is 9.69 Å². The zero-order valence-electron chi connectivity index (χ0n) is 21.7. The first-order chi connectivity index (χ1) is 18.5. The van der Waals surface area contributed by atoms with Crippen molar-refractivity contribution in [3.8, 4) is 17.0 Å². The third-order valence-electron chi connectivity index (χ3n) is 8.35. The Morgan fingerprint density at radius 2 is 1.90 bits per heavy atom. The second kappa shape index (κ2) is 9.48. The number of carbonyl (C=O) groups is 2. The van der Waals surface area contributed by atoms with Crippen LogP contribution >= 0.6 is 11.6 Å².